The van der Waals surface area contributed by atoms with E-state index < -0.39 is 11.6 Å². The fourth-order valence-corrected chi connectivity index (χ4v) is 2.18. The minimum absolute atomic E-state index is 0.143. The Hall–Kier alpha value is -2.50. The Labute approximate surface area is 121 Å². The molecule has 2 aromatic rings. The summed E-state index contributed by atoms with van der Waals surface area (Å²) >= 11 is 0. The first-order valence-corrected chi connectivity index (χ1v) is 6.27. The zero-order chi connectivity index (χ0) is 15.6. The summed E-state index contributed by atoms with van der Waals surface area (Å²) in [6, 6.07) is 3.30. The van der Waals surface area contributed by atoms with E-state index in [1.165, 1.54) is 21.3 Å². The van der Waals surface area contributed by atoms with Gasteiger partial charge in [-0.25, -0.2) is 4.79 Å². The molecule has 0 N–H and O–H groups in total. The molecule has 0 aliphatic heterocycles. The number of fused-ring (bicyclic) bond motifs is 1. The Morgan fingerprint density at radius 2 is 1.90 bits per heavy atom. The number of benzene rings is 1. The van der Waals surface area contributed by atoms with Crippen LogP contribution in [0.5, 0.6) is 11.5 Å². The van der Waals surface area contributed by atoms with Gasteiger partial charge in [0, 0.05) is 12.1 Å². The molecule has 0 aliphatic carbocycles. The van der Waals surface area contributed by atoms with E-state index >= 15 is 0 Å². The van der Waals surface area contributed by atoms with Crippen LogP contribution in [0.15, 0.2) is 21.3 Å². The second-order valence-electron chi connectivity index (χ2n) is 4.45. The van der Waals surface area contributed by atoms with E-state index in [0.717, 1.165) is 0 Å². The van der Waals surface area contributed by atoms with Crippen molar-refractivity contribution in [2.75, 3.05) is 21.3 Å². The summed E-state index contributed by atoms with van der Waals surface area (Å²) in [7, 11) is 4.29. The van der Waals surface area contributed by atoms with Gasteiger partial charge in [0.05, 0.1) is 38.7 Å². The molecule has 21 heavy (non-hydrogen) atoms. The van der Waals surface area contributed by atoms with Crippen LogP contribution in [0.25, 0.3) is 11.0 Å². The molecule has 0 amide bonds. The summed E-state index contributed by atoms with van der Waals surface area (Å²) in [5.74, 6) is 0.525. The number of carbonyl (C=O) groups excluding carboxylic acids is 1. The van der Waals surface area contributed by atoms with Gasteiger partial charge < -0.3 is 18.6 Å². The number of rotatable bonds is 4. The lowest BCUT2D eigenvalue weighted by molar-refractivity contribution is -0.139. The van der Waals surface area contributed by atoms with Crippen molar-refractivity contribution in [2.24, 2.45) is 0 Å². The van der Waals surface area contributed by atoms with Crippen LogP contribution in [0.4, 0.5) is 0 Å². The van der Waals surface area contributed by atoms with Crippen LogP contribution >= 0.6 is 0 Å². The van der Waals surface area contributed by atoms with Gasteiger partial charge in [0.1, 0.15) is 17.1 Å². The van der Waals surface area contributed by atoms with Crippen molar-refractivity contribution in [2.45, 2.75) is 13.3 Å². The van der Waals surface area contributed by atoms with Gasteiger partial charge in [0.15, 0.2) is 0 Å². The molecular weight excluding hydrogens is 276 g/mol. The first-order valence-electron chi connectivity index (χ1n) is 6.27. The van der Waals surface area contributed by atoms with Gasteiger partial charge in [-0.1, -0.05) is 0 Å². The predicted molar refractivity (Wildman–Crippen MR) is 76.0 cm³/mol. The molecule has 112 valence electrons. The van der Waals surface area contributed by atoms with Gasteiger partial charge in [0.25, 0.3) is 0 Å². The third kappa shape index (κ3) is 2.69. The quantitative estimate of drug-likeness (QED) is 0.632. The smallest absolute Gasteiger partial charge is 0.340 e. The minimum atomic E-state index is -0.569. The van der Waals surface area contributed by atoms with Gasteiger partial charge in [-0.2, -0.15) is 0 Å². The molecule has 0 saturated carbocycles. The van der Waals surface area contributed by atoms with E-state index in [-0.39, 0.29) is 12.0 Å². The molecule has 0 aliphatic rings. The van der Waals surface area contributed by atoms with Crippen molar-refractivity contribution in [1.82, 2.24) is 0 Å². The van der Waals surface area contributed by atoms with Crippen molar-refractivity contribution >= 4 is 16.9 Å². The summed E-state index contributed by atoms with van der Waals surface area (Å²) < 4.78 is 20.3. The summed E-state index contributed by atoms with van der Waals surface area (Å²) in [4.78, 5) is 23.5. The molecule has 1 aromatic heterocycles. The highest BCUT2D eigenvalue weighted by atomic mass is 16.5. The zero-order valence-corrected chi connectivity index (χ0v) is 12.3. The summed E-state index contributed by atoms with van der Waals surface area (Å²) in [5, 5.41) is 0.636. The first-order chi connectivity index (χ1) is 10.0. The second-order valence-corrected chi connectivity index (χ2v) is 4.45. The molecule has 0 atom stereocenters. The third-order valence-electron chi connectivity index (χ3n) is 3.32. The molecule has 2 rings (SSSR count). The molecule has 0 radical (unpaired) electrons. The number of hydrogen-bond acceptors (Lipinski definition) is 6. The highest BCUT2D eigenvalue weighted by Crippen LogP contribution is 2.33. The summed E-state index contributed by atoms with van der Waals surface area (Å²) in [5.41, 5.74) is 0.673. The highest BCUT2D eigenvalue weighted by molar-refractivity contribution is 5.89. The van der Waals surface area contributed by atoms with Crippen molar-refractivity contribution in [3.8, 4) is 11.5 Å². The van der Waals surface area contributed by atoms with Crippen LogP contribution in [0.2, 0.25) is 0 Å². The largest absolute Gasteiger partial charge is 0.496 e. The van der Waals surface area contributed by atoms with Crippen molar-refractivity contribution in [3.05, 3.63) is 33.7 Å². The maximum absolute atomic E-state index is 12.0. The maximum Gasteiger partial charge on any atom is 0.340 e. The van der Waals surface area contributed by atoms with Gasteiger partial charge >= 0.3 is 11.6 Å². The van der Waals surface area contributed by atoms with Crippen molar-refractivity contribution in [1.29, 1.82) is 0 Å². The third-order valence-corrected chi connectivity index (χ3v) is 3.32. The Bertz CT molecular complexity index is 744. The molecule has 0 spiro atoms. The van der Waals surface area contributed by atoms with Crippen LogP contribution < -0.4 is 15.1 Å². The molecule has 6 nitrogen and oxygen atoms in total. The monoisotopic (exact) mass is 292 g/mol. The lowest BCUT2D eigenvalue weighted by atomic mass is 10.0. The Balaban J connectivity index is 2.75. The van der Waals surface area contributed by atoms with Gasteiger partial charge in [-0.05, 0) is 12.5 Å². The van der Waals surface area contributed by atoms with Crippen LogP contribution in [0.3, 0.4) is 0 Å². The number of aryl methyl sites for hydroxylation is 1. The van der Waals surface area contributed by atoms with E-state index in [2.05, 4.69) is 4.74 Å². The normalized spacial score (nSPS) is 10.5. The fraction of sp³-hybridized carbons (Fsp3) is 0.333. The number of methoxy groups -OCH3 is 3. The lowest BCUT2D eigenvalue weighted by Crippen LogP contribution is -2.16. The molecule has 0 saturated heterocycles. The first kappa shape index (κ1) is 14.9. The Morgan fingerprint density at radius 3 is 2.48 bits per heavy atom. The summed E-state index contributed by atoms with van der Waals surface area (Å²) in [6.45, 7) is 1.74. The lowest BCUT2D eigenvalue weighted by Gasteiger charge is -2.12. The Morgan fingerprint density at radius 1 is 1.19 bits per heavy atom. The average molecular weight is 292 g/mol. The van der Waals surface area contributed by atoms with Gasteiger partial charge in [-0.15, -0.1) is 0 Å². The van der Waals surface area contributed by atoms with Crippen LogP contribution in [0, 0.1) is 6.92 Å². The maximum atomic E-state index is 12.0. The van der Waals surface area contributed by atoms with Gasteiger partial charge in [-0.3, -0.25) is 4.79 Å². The molecule has 1 heterocycles. The van der Waals surface area contributed by atoms with Crippen molar-refractivity contribution < 1.29 is 23.4 Å². The van der Waals surface area contributed by atoms with Crippen LogP contribution in [0.1, 0.15) is 11.1 Å². The molecule has 0 fully saturated rings. The summed E-state index contributed by atoms with van der Waals surface area (Å²) in [6.07, 6.45) is -0.143. The van der Waals surface area contributed by atoms with Crippen LogP contribution in [-0.4, -0.2) is 27.3 Å². The second kappa shape index (κ2) is 5.87. The van der Waals surface area contributed by atoms with E-state index in [4.69, 9.17) is 13.9 Å². The van der Waals surface area contributed by atoms with Crippen molar-refractivity contribution in [3.63, 3.8) is 0 Å². The minimum Gasteiger partial charge on any atom is -0.496 e. The molecule has 0 bridgehead atoms. The number of hydrogen-bond donors (Lipinski definition) is 0. The van der Waals surface area contributed by atoms with E-state index in [1.807, 2.05) is 0 Å². The fourth-order valence-electron chi connectivity index (χ4n) is 2.18. The van der Waals surface area contributed by atoms with Crippen LogP contribution in [-0.2, 0) is 16.0 Å². The zero-order valence-electron chi connectivity index (χ0n) is 12.3. The van der Waals surface area contributed by atoms with Gasteiger partial charge in [0.2, 0.25) is 0 Å². The predicted octanol–water partition coefficient (Wildman–Crippen LogP) is 1.83. The molecule has 1 aromatic carbocycles. The van der Waals surface area contributed by atoms with E-state index in [0.29, 0.717) is 28.0 Å². The number of ether oxygens (including phenoxy) is 3. The number of carbonyl (C=O) groups is 1. The molecular formula is C15H16O6. The number of esters is 1. The average Bonchev–Trinajstić information content (AvgIpc) is 2.49. The van der Waals surface area contributed by atoms with E-state index in [1.54, 1.807) is 19.1 Å². The topological polar surface area (TPSA) is 75.0 Å². The molecule has 6 heteroatoms. The SMILES string of the molecule is COC(=O)Cc1c(C)c2c(OC)cc(OC)cc2oc1=O. The molecule has 0 unspecified atom stereocenters. The van der Waals surface area contributed by atoms with E-state index in [9.17, 15) is 9.59 Å². The highest BCUT2D eigenvalue weighted by Gasteiger charge is 2.18. The standard InChI is InChI=1S/C15H16O6/c1-8-10(7-13(16)20-4)15(17)21-12-6-9(18-2)5-11(19-3)14(8)12/h5-6H,7H2,1-4H3. The Kier molecular flexibility index (Phi) is 4.16.